The Labute approximate surface area is 53.9 Å². The van der Waals surface area contributed by atoms with Crippen molar-refractivity contribution < 1.29 is 0 Å². The van der Waals surface area contributed by atoms with E-state index in [0.717, 1.165) is 0 Å². The lowest BCUT2D eigenvalue weighted by molar-refractivity contribution is 0.618. The Morgan fingerprint density at radius 1 is 1.75 bits per heavy atom. The molecule has 8 heavy (non-hydrogen) atoms. The van der Waals surface area contributed by atoms with Crippen molar-refractivity contribution in [2.45, 2.75) is 0 Å². The highest BCUT2D eigenvalue weighted by atomic mass is 32.1. The van der Waals surface area contributed by atoms with E-state index in [-0.39, 0.29) is 0 Å². The second kappa shape index (κ2) is 3.22. The Balaban J connectivity index is 3.53. The first-order valence-corrected chi connectivity index (χ1v) is 2.45. The van der Waals surface area contributed by atoms with Crippen molar-refractivity contribution >= 4 is 17.3 Å². The summed E-state index contributed by atoms with van der Waals surface area (Å²) in [5, 5.41) is 10.8. The summed E-state index contributed by atoms with van der Waals surface area (Å²) in [5.41, 5.74) is 0. The fourth-order valence-electron chi connectivity index (χ4n) is 0.160. The zero-order valence-corrected chi connectivity index (χ0v) is 5.62. The van der Waals surface area contributed by atoms with Crippen LogP contribution in [0.4, 0.5) is 0 Å². The van der Waals surface area contributed by atoms with Gasteiger partial charge in [-0.25, -0.2) is 0 Å². The van der Waals surface area contributed by atoms with Gasteiger partial charge in [0.1, 0.15) is 0 Å². The lowest BCUT2D eigenvalue weighted by atomic mass is 10.8. The standard InChI is InChI=1S/C4H7N3S/c1-7(2)4(8)6-3-5/h1-2H3,(H,6,8). The van der Waals surface area contributed by atoms with Gasteiger partial charge in [-0.3, -0.25) is 5.32 Å². The highest BCUT2D eigenvalue weighted by Gasteiger charge is 1.91. The molecule has 0 unspecified atom stereocenters. The molecule has 0 rings (SSSR count). The van der Waals surface area contributed by atoms with Crippen LogP contribution in [0.15, 0.2) is 0 Å². The first kappa shape index (κ1) is 7.18. The third kappa shape index (κ3) is 2.37. The maximum absolute atomic E-state index is 8.01. The van der Waals surface area contributed by atoms with Crippen LogP contribution in [0.1, 0.15) is 0 Å². The molecule has 0 aliphatic heterocycles. The predicted molar refractivity (Wildman–Crippen MR) is 35.0 cm³/mol. The largest absolute Gasteiger partial charge is 0.355 e. The molecule has 0 aromatic carbocycles. The van der Waals surface area contributed by atoms with Gasteiger partial charge in [-0.15, -0.1) is 0 Å². The van der Waals surface area contributed by atoms with Crippen molar-refractivity contribution in [3.8, 4) is 6.19 Å². The van der Waals surface area contributed by atoms with E-state index in [1.54, 1.807) is 25.2 Å². The molecule has 0 heterocycles. The Kier molecular flexibility index (Phi) is 2.89. The van der Waals surface area contributed by atoms with Gasteiger partial charge in [0.2, 0.25) is 0 Å². The number of nitriles is 1. The van der Waals surface area contributed by atoms with Crippen molar-refractivity contribution in [2.75, 3.05) is 14.1 Å². The lowest BCUT2D eigenvalue weighted by Crippen LogP contribution is -2.30. The molecule has 0 aromatic rings. The van der Waals surface area contributed by atoms with E-state index in [2.05, 4.69) is 17.5 Å². The first-order valence-electron chi connectivity index (χ1n) is 2.05. The number of thiocarbonyl (C=S) groups is 1. The summed E-state index contributed by atoms with van der Waals surface area (Å²) < 4.78 is 0. The number of nitrogens with one attached hydrogen (secondary N) is 1. The number of hydrogen-bond donors (Lipinski definition) is 1. The second-order valence-corrected chi connectivity index (χ2v) is 1.82. The fraction of sp³-hybridized carbons (Fsp3) is 0.500. The van der Waals surface area contributed by atoms with Crippen molar-refractivity contribution in [3.63, 3.8) is 0 Å². The fourth-order valence-corrected chi connectivity index (χ4v) is 0.205. The lowest BCUT2D eigenvalue weighted by Gasteiger charge is -2.09. The van der Waals surface area contributed by atoms with E-state index < -0.39 is 0 Å². The molecule has 3 nitrogen and oxygen atoms in total. The minimum Gasteiger partial charge on any atom is -0.355 e. The molecule has 0 radical (unpaired) electrons. The molecular weight excluding hydrogens is 122 g/mol. The summed E-state index contributed by atoms with van der Waals surface area (Å²) in [7, 11) is 3.54. The molecule has 44 valence electrons. The highest BCUT2D eigenvalue weighted by molar-refractivity contribution is 7.80. The van der Waals surface area contributed by atoms with Crippen LogP contribution in [0.25, 0.3) is 0 Å². The van der Waals surface area contributed by atoms with E-state index in [9.17, 15) is 0 Å². The second-order valence-electron chi connectivity index (χ2n) is 1.44. The Morgan fingerprint density at radius 3 is 2.38 bits per heavy atom. The number of nitrogens with zero attached hydrogens (tertiary/aromatic N) is 2. The Bertz CT molecular complexity index is 124. The van der Waals surface area contributed by atoms with Gasteiger partial charge in [-0.05, 0) is 12.2 Å². The summed E-state index contributed by atoms with van der Waals surface area (Å²) in [6.07, 6.45) is 1.72. The summed E-state index contributed by atoms with van der Waals surface area (Å²) in [6, 6.07) is 0. The average molecular weight is 129 g/mol. The molecule has 0 saturated heterocycles. The molecule has 0 saturated carbocycles. The smallest absolute Gasteiger partial charge is 0.183 e. The van der Waals surface area contributed by atoms with Crippen LogP contribution >= 0.6 is 12.2 Å². The van der Waals surface area contributed by atoms with Gasteiger partial charge in [0.15, 0.2) is 11.3 Å². The molecule has 0 fully saturated rings. The van der Waals surface area contributed by atoms with Crippen molar-refractivity contribution in [3.05, 3.63) is 0 Å². The summed E-state index contributed by atoms with van der Waals surface area (Å²) in [5.74, 6) is 0. The minimum absolute atomic E-state index is 0.438. The maximum Gasteiger partial charge on any atom is 0.183 e. The van der Waals surface area contributed by atoms with E-state index in [4.69, 9.17) is 5.26 Å². The molecule has 0 atom stereocenters. The van der Waals surface area contributed by atoms with Gasteiger partial charge in [-0.1, -0.05) is 0 Å². The van der Waals surface area contributed by atoms with E-state index >= 15 is 0 Å². The third-order valence-corrected chi connectivity index (χ3v) is 1.04. The summed E-state index contributed by atoms with van der Waals surface area (Å²) in [4.78, 5) is 1.65. The van der Waals surface area contributed by atoms with Gasteiger partial charge in [0.25, 0.3) is 0 Å². The first-order chi connectivity index (χ1) is 3.68. The molecule has 1 N–H and O–H groups in total. The topological polar surface area (TPSA) is 39.1 Å². The molecule has 0 aromatic heterocycles. The van der Waals surface area contributed by atoms with Crippen LogP contribution in [0.2, 0.25) is 0 Å². The zero-order valence-electron chi connectivity index (χ0n) is 4.80. The Morgan fingerprint density at radius 2 is 2.25 bits per heavy atom. The quantitative estimate of drug-likeness (QED) is 0.282. The normalized spacial score (nSPS) is 7.12. The molecule has 0 bridgehead atoms. The van der Waals surface area contributed by atoms with Crippen LogP contribution in [-0.2, 0) is 0 Å². The van der Waals surface area contributed by atoms with Crippen molar-refractivity contribution in [1.29, 1.82) is 5.26 Å². The highest BCUT2D eigenvalue weighted by Crippen LogP contribution is 1.73. The summed E-state index contributed by atoms with van der Waals surface area (Å²) in [6.45, 7) is 0. The van der Waals surface area contributed by atoms with Crippen LogP contribution < -0.4 is 5.32 Å². The zero-order chi connectivity index (χ0) is 6.57. The Hall–Kier alpha value is -0.820. The van der Waals surface area contributed by atoms with Gasteiger partial charge in [0, 0.05) is 14.1 Å². The third-order valence-electron chi connectivity index (χ3n) is 0.569. The molecule has 0 amide bonds. The summed E-state index contributed by atoms with van der Waals surface area (Å²) >= 11 is 4.67. The molecule has 0 aliphatic rings. The van der Waals surface area contributed by atoms with Crippen LogP contribution in [0.5, 0.6) is 0 Å². The van der Waals surface area contributed by atoms with Gasteiger partial charge in [0.05, 0.1) is 0 Å². The van der Waals surface area contributed by atoms with Crippen LogP contribution in [0, 0.1) is 11.5 Å². The number of hydrogen-bond acceptors (Lipinski definition) is 2. The van der Waals surface area contributed by atoms with E-state index in [1.165, 1.54) is 0 Å². The SMILES string of the molecule is CN(C)C(=S)NC#N. The molecule has 4 heteroatoms. The van der Waals surface area contributed by atoms with Crippen molar-refractivity contribution in [2.24, 2.45) is 0 Å². The van der Waals surface area contributed by atoms with E-state index in [0.29, 0.717) is 5.11 Å². The van der Waals surface area contributed by atoms with Gasteiger partial charge < -0.3 is 4.90 Å². The van der Waals surface area contributed by atoms with Gasteiger partial charge >= 0.3 is 0 Å². The average Bonchev–Trinajstić information content (AvgIpc) is 1.67. The van der Waals surface area contributed by atoms with Crippen LogP contribution in [0.3, 0.4) is 0 Å². The minimum atomic E-state index is 0.438. The van der Waals surface area contributed by atoms with Gasteiger partial charge in [-0.2, -0.15) is 5.26 Å². The van der Waals surface area contributed by atoms with Crippen LogP contribution in [-0.4, -0.2) is 24.1 Å². The van der Waals surface area contributed by atoms with Crippen molar-refractivity contribution in [1.82, 2.24) is 10.2 Å². The molecular formula is C4H7N3S. The monoisotopic (exact) mass is 129 g/mol. The predicted octanol–water partition coefficient (Wildman–Crippen LogP) is -0.0964. The molecule has 0 aliphatic carbocycles. The van der Waals surface area contributed by atoms with E-state index in [1.807, 2.05) is 0 Å². The maximum atomic E-state index is 8.01. The molecule has 0 spiro atoms. The number of rotatable bonds is 0.